The van der Waals surface area contributed by atoms with E-state index in [9.17, 15) is 4.79 Å². The van der Waals surface area contributed by atoms with Gasteiger partial charge in [-0.15, -0.1) is 0 Å². The molecular formula is C20H22N2O3. The summed E-state index contributed by atoms with van der Waals surface area (Å²) in [5.41, 5.74) is 2.48. The summed E-state index contributed by atoms with van der Waals surface area (Å²) >= 11 is 0. The van der Waals surface area contributed by atoms with Crippen LogP contribution in [0.5, 0.6) is 5.75 Å². The van der Waals surface area contributed by atoms with Gasteiger partial charge in [0.05, 0.1) is 25.4 Å². The maximum Gasteiger partial charge on any atom is 0.326 e. The van der Waals surface area contributed by atoms with Crippen LogP contribution in [-0.2, 0) is 4.74 Å². The van der Waals surface area contributed by atoms with Crippen LogP contribution < -0.4 is 15.0 Å². The summed E-state index contributed by atoms with van der Waals surface area (Å²) in [5, 5.41) is 2.94. The molecule has 2 aromatic carbocycles. The topological polar surface area (TPSA) is 50.8 Å². The molecule has 0 spiro atoms. The van der Waals surface area contributed by atoms with Crippen LogP contribution in [0.25, 0.3) is 5.76 Å². The lowest BCUT2D eigenvalue weighted by atomic mass is 10.0. The molecule has 5 heteroatoms. The van der Waals surface area contributed by atoms with Gasteiger partial charge >= 0.3 is 6.03 Å². The van der Waals surface area contributed by atoms with E-state index >= 15 is 0 Å². The summed E-state index contributed by atoms with van der Waals surface area (Å²) in [6.07, 6.45) is 1.97. The molecule has 0 aromatic heterocycles. The van der Waals surface area contributed by atoms with Crippen LogP contribution in [0, 0.1) is 0 Å². The lowest BCUT2D eigenvalue weighted by Crippen LogP contribution is -2.43. The van der Waals surface area contributed by atoms with Crippen molar-refractivity contribution < 1.29 is 14.3 Å². The summed E-state index contributed by atoms with van der Waals surface area (Å²) in [6, 6.07) is 14.7. The molecule has 1 unspecified atom stereocenters. The average Bonchev–Trinajstić information content (AvgIpc) is 2.62. The van der Waals surface area contributed by atoms with Crippen molar-refractivity contribution in [2.24, 2.45) is 0 Å². The monoisotopic (exact) mass is 338 g/mol. The highest BCUT2D eigenvalue weighted by molar-refractivity contribution is 6.05. The van der Waals surface area contributed by atoms with Crippen LogP contribution in [0.15, 0.2) is 54.6 Å². The first-order valence-electron chi connectivity index (χ1n) is 8.32. The first-order chi connectivity index (χ1) is 12.1. The Balaban J connectivity index is 1.87. The fourth-order valence-corrected chi connectivity index (χ4v) is 2.93. The van der Waals surface area contributed by atoms with Gasteiger partial charge in [-0.2, -0.15) is 0 Å². The summed E-state index contributed by atoms with van der Waals surface area (Å²) in [4.78, 5) is 14.6. The number of carbonyl (C=O) groups excluding carboxylic acids is 1. The average molecular weight is 338 g/mol. The smallest absolute Gasteiger partial charge is 0.326 e. The predicted molar refractivity (Wildman–Crippen MR) is 100.0 cm³/mol. The van der Waals surface area contributed by atoms with E-state index in [0.717, 1.165) is 28.4 Å². The quantitative estimate of drug-likeness (QED) is 0.892. The second-order valence-electron chi connectivity index (χ2n) is 5.75. The normalized spacial score (nSPS) is 15.9. The lowest BCUT2D eigenvalue weighted by molar-refractivity contribution is 0.255. The number of hydrogen-bond donors (Lipinski definition) is 1. The highest BCUT2D eigenvalue weighted by atomic mass is 16.5. The molecule has 0 fully saturated rings. The summed E-state index contributed by atoms with van der Waals surface area (Å²) in [5.74, 6) is 1.57. The molecule has 0 radical (unpaired) electrons. The van der Waals surface area contributed by atoms with Crippen molar-refractivity contribution in [2.45, 2.75) is 19.9 Å². The maximum atomic E-state index is 12.9. The highest BCUT2D eigenvalue weighted by Crippen LogP contribution is 2.35. The van der Waals surface area contributed by atoms with Crippen LogP contribution in [0.1, 0.15) is 19.4 Å². The molecule has 1 aliphatic rings. The number of nitrogens with zero attached hydrogens (tertiary/aromatic N) is 1. The number of rotatable bonds is 4. The van der Waals surface area contributed by atoms with E-state index in [1.165, 1.54) is 0 Å². The third kappa shape index (κ3) is 3.45. The number of anilines is 2. The Morgan fingerprint density at radius 2 is 1.88 bits per heavy atom. The fraction of sp³-hybridized carbons (Fsp3) is 0.250. The molecule has 2 aromatic rings. The van der Waals surface area contributed by atoms with Crippen molar-refractivity contribution in [1.82, 2.24) is 0 Å². The number of carbonyl (C=O) groups is 1. The van der Waals surface area contributed by atoms with E-state index in [-0.39, 0.29) is 12.1 Å². The molecule has 130 valence electrons. The van der Waals surface area contributed by atoms with Gasteiger partial charge in [0.25, 0.3) is 0 Å². The molecule has 2 amide bonds. The van der Waals surface area contributed by atoms with Crippen LogP contribution in [0.3, 0.4) is 0 Å². The summed E-state index contributed by atoms with van der Waals surface area (Å²) in [6.45, 7) is 4.52. The van der Waals surface area contributed by atoms with Crippen molar-refractivity contribution in [3.8, 4) is 5.75 Å². The Bertz CT molecular complexity index is 784. The van der Waals surface area contributed by atoms with Crippen LogP contribution >= 0.6 is 0 Å². The third-order valence-corrected chi connectivity index (χ3v) is 4.09. The molecule has 0 saturated carbocycles. The number of nitrogens with one attached hydrogen (secondary N) is 1. The van der Waals surface area contributed by atoms with Crippen molar-refractivity contribution in [2.75, 3.05) is 23.9 Å². The predicted octanol–water partition coefficient (Wildman–Crippen LogP) is 4.51. The van der Waals surface area contributed by atoms with Gasteiger partial charge in [-0.25, -0.2) is 4.79 Å². The Morgan fingerprint density at radius 3 is 2.56 bits per heavy atom. The van der Waals surface area contributed by atoms with Gasteiger partial charge in [-0.05, 0) is 56.3 Å². The zero-order valence-electron chi connectivity index (χ0n) is 14.7. The number of fused-ring (bicyclic) bond motifs is 1. The van der Waals surface area contributed by atoms with E-state index in [0.29, 0.717) is 6.61 Å². The molecule has 3 rings (SSSR count). The lowest BCUT2D eigenvalue weighted by Gasteiger charge is -2.33. The van der Waals surface area contributed by atoms with E-state index in [1.54, 1.807) is 12.0 Å². The van der Waals surface area contributed by atoms with Gasteiger partial charge in [-0.1, -0.05) is 12.1 Å². The maximum absolute atomic E-state index is 12.9. The van der Waals surface area contributed by atoms with Gasteiger partial charge < -0.3 is 14.8 Å². The molecule has 5 nitrogen and oxygen atoms in total. The Labute approximate surface area is 147 Å². The van der Waals surface area contributed by atoms with Gasteiger partial charge in [0.15, 0.2) is 0 Å². The number of urea groups is 1. The molecule has 1 aliphatic heterocycles. The SMILES string of the molecule is CCOC1=CC(C)N(C(=O)Nc2ccc(OC)cc2)c2ccccc21. The zero-order chi connectivity index (χ0) is 17.8. The number of para-hydroxylation sites is 1. The Hall–Kier alpha value is -2.95. The second kappa shape index (κ2) is 7.30. The highest BCUT2D eigenvalue weighted by Gasteiger charge is 2.29. The van der Waals surface area contributed by atoms with Gasteiger partial charge in [0, 0.05) is 11.3 Å². The van der Waals surface area contributed by atoms with Crippen molar-refractivity contribution in [3.63, 3.8) is 0 Å². The Morgan fingerprint density at radius 1 is 1.16 bits per heavy atom. The van der Waals surface area contributed by atoms with Crippen LogP contribution in [0.4, 0.5) is 16.2 Å². The van der Waals surface area contributed by atoms with Crippen LogP contribution in [0.2, 0.25) is 0 Å². The number of methoxy groups -OCH3 is 1. The molecule has 0 aliphatic carbocycles. The summed E-state index contributed by atoms with van der Waals surface area (Å²) < 4.78 is 10.9. The first-order valence-corrected chi connectivity index (χ1v) is 8.32. The zero-order valence-corrected chi connectivity index (χ0v) is 14.7. The molecule has 0 saturated heterocycles. The molecule has 1 atom stereocenters. The van der Waals surface area contributed by atoms with Crippen molar-refractivity contribution in [1.29, 1.82) is 0 Å². The number of benzene rings is 2. The minimum absolute atomic E-state index is 0.116. The standard InChI is InChI=1S/C20H22N2O3/c1-4-25-19-13-14(2)22(18-8-6-5-7-17(18)19)20(23)21-15-9-11-16(24-3)12-10-15/h5-14H,4H2,1-3H3,(H,21,23). The van der Waals surface area contributed by atoms with E-state index < -0.39 is 0 Å². The fourth-order valence-electron chi connectivity index (χ4n) is 2.93. The van der Waals surface area contributed by atoms with Crippen molar-refractivity contribution in [3.05, 3.63) is 60.2 Å². The van der Waals surface area contributed by atoms with E-state index in [1.807, 2.05) is 68.5 Å². The van der Waals surface area contributed by atoms with Crippen molar-refractivity contribution >= 4 is 23.2 Å². The van der Waals surface area contributed by atoms with E-state index in [2.05, 4.69) is 5.32 Å². The second-order valence-corrected chi connectivity index (χ2v) is 5.75. The number of hydrogen-bond acceptors (Lipinski definition) is 3. The largest absolute Gasteiger partial charge is 0.497 e. The number of ether oxygens (including phenoxy) is 2. The molecule has 25 heavy (non-hydrogen) atoms. The van der Waals surface area contributed by atoms with Gasteiger partial charge in [0.2, 0.25) is 0 Å². The molecule has 1 heterocycles. The number of amides is 2. The minimum Gasteiger partial charge on any atom is -0.497 e. The Kier molecular flexibility index (Phi) is 4.93. The summed E-state index contributed by atoms with van der Waals surface area (Å²) in [7, 11) is 1.61. The van der Waals surface area contributed by atoms with Crippen LogP contribution in [-0.4, -0.2) is 25.8 Å². The van der Waals surface area contributed by atoms with Gasteiger partial charge in [-0.3, -0.25) is 4.90 Å². The molecule has 1 N–H and O–H groups in total. The minimum atomic E-state index is -0.183. The van der Waals surface area contributed by atoms with E-state index in [4.69, 9.17) is 9.47 Å². The third-order valence-electron chi connectivity index (χ3n) is 4.09. The molecular weight excluding hydrogens is 316 g/mol. The first kappa shape index (κ1) is 16.9. The molecule has 0 bridgehead atoms. The van der Waals surface area contributed by atoms with Gasteiger partial charge in [0.1, 0.15) is 11.5 Å².